The van der Waals surface area contributed by atoms with Crippen LogP contribution in [-0.4, -0.2) is 38.9 Å². The number of nitrogens with zero attached hydrogens (tertiary/aromatic N) is 5. The number of hydrogen-bond donors (Lipinski definition) is 0. The molecule has 1 aromatic carbocycles. The first kappa shape index (κ1) is 24.1. The van der Waals surface area contributed by atoms with Gasteiger partial charge in [-0.05, 0) is 48.1 Å². The summed E-state index contributed by atoms with van der Waals surface area (Å²) in [7, 11) is -2.20. The van der Waals surface area contributed by atoms with Crippen LogP contribution in [0.1, 0.15) is 36.8 Å². The minimum absolute atomic E-state index is 0.0205. The van der Waals surface area contributed by atoms with Crippen LogP contribution in [0.15, 0.2) is 59.8 Å². The van der Waals surface area contributed by atoms with Crippen molar-refractivity contribution in [2.75, 3.05) is 5.75 Å². The second-order valence-corrected chi connectivity index (χ2v) is 11.0. The highest BCUT2D eigenvalue weighted by molar-refractivity contribution is 7.91. The molecule has 0 saturated heterocycles. The summed E-state index contributed by atoms with van der Waals surface area (Å²) >= 11 is 0. The third-order valence-corrected chi connectivity index (χ3v) is 8.01. The van der Waals surface area contributed by atoms with Gasteiger partial charge in [0.1, 0.15) is 11.4 Å². The van der Waals surface area contributed by atoms with Gasteiger partial charge >= 0.3 is 6.18 Å². The van der Waals surface area contributed by atoms with Gasteiger partial charge < -0.3 is 4.57 Å². The van der Waals surface area contributed by atoms with Crippen molar-refractivity contribution in [2.45, 2.75) is 36.8 Å². The zero-order valence-corrected chi connectivity index (χ0v) is 20.3. The average Bonchev–Trinajstić information content (AvgIpc) is 3.65. The topological polar surface area (TPSA) is 90.6 Å². The Bertz CT molecular complexity index is 1540. The van der Waals surface area contributed by atoms with Crippen molar-refractivity contribution in [1.82, 2.24) is 24.7 Å². The molecule has 1 aliphatic carbocycles. The average molecular weight is 514 g/mol. The lowest BCUT2D eigenvalue weighted by Gasteiger charge is -2.12. The van der Waals surface area contributed by atoms with E-state index in [1.54, 1.807) is 12.3 Å². The maximum absolute atomic E-state index is 13.2. The molecule has 1 aliphatic rings. The van der Waals surface area contributed by atoms with Crippen LogP contribution in [0, 0.1) is 0 Å². The van der Waals surface area contributed by atoms with Gasteiger partial charge in [-0.1, -0.05) is 31.2 Å². The lowest BCUT2D eigenvalue weighted by Crippen LogP contribution is -2.09. The molecule has 7 nitrogen and oxygen atoms in total. The van der Waals surface area contributed by atoms with E-state index in [2.05, 4.69) is 20.2 Å². The molecule has 0 N–H and O–H groups in total. The minimum atomic E-state index is -4.55. The number of alkyl halides is 3. The summed E-state index contributed by atoms with van der Waals surface area (Å²) in [6, 6.07) is 11.3. The highest BCUT2D eigenvalue weighted by Gasteiger charge is 2.32. The van der Waals surface area contributed by atoms with Crippen LogP contribution in [0.5, 0.6) is 0 Å². The van der Waals surface area contributed by atoms with Crippen LogP contribution in [0.4, 0.5) is 13.2 Å². The van der Waals surface area contributed by atoms with Crippen molar-refractivity contribution in [3.05, 3.63) is 66.0 Å². The Labute approximate surface area is 206 Å². The third kappa shape index (κ3) is 4.50. The number of pyridine rings is 2. The maximum atomic E-state index is 13.2. The predicted molar refractivity (Wildman–Crippen MR) is 128 cm³/mol. The van der Waals surface area contributed by atoms with Crippen molar-refractivity contribution in [3.8, 4) is 34.2 Å². The first-order valence-corrected chi connectivity index (χ1v) is 13.0. The normalized spacial score (nSPS) is 14.2. The van der Waals surface area contributed by atoms with Crippen molar-refractivity contribution >= 4 is 9.84 Å². The summed E-state index contributed by atoms with van der Waals surface area (Å²) in [5.74, 6) is 0.599. The van der Waals surface area contributed by atoms with Gasteiger partial charge in [-0.25, -0.2) is 8.42 Å². The molecule has 0 atom stereocenters. The summed E-state index contributed by atoms with van der Waals surface area (Å²) in [4.78, 5) is 8.40. The molecule has 0 unspecified atom stereocenters. The Morgan fingerprint density at radius 1 is 0.972 bits per heavy atom. The van der Waals surface area contributed by atoms with Crippen molar-refractivity contribution in [1.29, 1.82) is 0 Å². The van der Waals surface area contributed by atoms with Crippen LogP contribution in [0.25, 0.3) is 34.2 Å². The van der Waals surface area contributed by atoms with E-state index in [0.717, 1.165) is 23.9 Å². The molecule has 0 amide bonds. The zero-order chi connectivity index (χ0) is 25.7. The van der Waals surface area contributed by atoms with E-state index >= 15 is 0 Å². The van der Waals surface area contributed by atoms with Crippen LogP contribution in [0.2, 0.25) is 0 Å². The molecule has 3 heterocycles. The quantitative estimate of drug-likeness (QED) is 0.348. The summed E-state index contributed by atoms with van der Waals surface area (Å²) in [5, 5.41) is 8.06. The fourth-order valence-corrected chi connectivity index (χ4v) is 5.07. The van der Waals surface area contributed by atoms with E-state index < -0.39 is 21.6 Å². The Kier molecular flexibility index (Phi) is 5.90. The van der Waals surface area contributed by atoms with E-state index in [1.165, 1.54) is 36.9 Å². The molecule has 1 saturated carbocycles. The molecule has 0 bridgehead atoms. The second-order valence-electron chi connectivity index (χ2n) is 8.70. The molecular weight excluding hydrogens is 491 g/mol. The summed E-state index contributed by atoms with van der Waals surface area (Å²) in [6.07, 6.45) is 0.429. The zero-order valence-electron chi connectivity index (χ0n) is 19.5. The van der Waals surface area contributed by atoms with Gasteiger partial charge in [0.25, 0.3) is 0 Å². The summed E-state index contributed by atoms with van der Waals surface area (Å²) in [6.45, 7) is 1.53. The Morgan fingerprint density at radius 3 is 2.31 bits per heavy atom. The molecule has 4 aromatic rings. The Hall–Kier alpha value is -3.60. The smallest absolute Gasteiger partial charge is 0.307 e. The van der Waals surface area contributed by atoms with E-state index in [0.29, 0.717) is 11.5 Å². The van der Waals surface area contributed by atoms with E-state index in [1.807, 2.05) is 24.3 Å². The maximum Gasteiger partial charge on any atom is 0.416 e. The fraction of sp³-hybridized carbons (Fsp3) is 0.280. The molecule has 36 heavy (non-hydrogen) atoms. The number of aromatic nitrogens is 5. The van der Waals surface area contributed by atoms with E-state index in [9.17, 15) is 21.6 Å². The second kappa shape index (κ2) is 8.81. The number of benzene rings is 1. The van der Waals surface area contributed by atoms with Gasteiger partial charge in [0, 0.05) is 25.0 Å². The monoisotopic (exact) mass is 513 g/mol. The minimum Gasteiger partial charge on any atom is -0.307 e. The molecule has 186 valence electrons. The first-order valence-electron chi connectivity index (χ1n) is 11.3. The van der Waals surface area contributed by atoms with Crippen molar-refractivity contribution in [3.63, 3.8) is 0 Å². The third-order valence-electron chi connectivity index (χ3n) is 6.26. The number of hydrogen-bond acceptors (Lipinski definition) is 6. The summed E-state index contributed by atoms with van der Waals surface area (Å²) in [5.41, 5.74) is 1.88. The molecule has 0 aliphatic heterocycles. The van der Waals surface area contributed by atoms with Gasteiger partial charge in [0.05, 0.1) is 16.2 Å². The fourth-order valence-electron chi connectivity index (χ4n) is 4.01. The number of rotatable bonds is 6. The molecule has 1 fully saturated rings. The van der Waals surface area contributed by atoms with Crippen LogP contribution in [0.3, 0.4) is 0 Å². The SMILES string of the molecule is CCS(=O)(=O)c1cc(-c2ccc(C3CC3)cc2)cnc1-c1nnc(-c2cc(C(F)(F)F)ccn2)n1C. The molecular formula is C25H22F3N5O2S. The first-order chi connectivity index (χ1) is 17.1. The lowest BCUT2D eigenvalue weighted by atomic mass is 10.0. The lowest BCUT2D eigenvalue weighted by molar-refractivity contribution is -0.137. The molecule has 0 spiro atoms. The van der Waals surface area contributed by atoms with Crippen LogP contribution in [-0.2, 0) is 23.1 Å². The van der Waals surface area contributed by atoms with E-state index in [4.69, 9.17) is 0 Å². The van der Waals surface area contributed by atoms with Crippen molar-refractivity contribution < 1.29 is 21.6 Å². The largest absolute Gasteiger partial charge is 0.416 e. The van der Waals surface area contributed by atoms with Gasteiger partial charge in [0.2, 0.25) is 0 Å². The van der Waals surface area contributed by atoms with Gasteiger partial charge in [0.15, 0.2) is 21.5 Å². The van der Waals surface area contributed by atoms with Crippen molar-refractivity contribution in [2.24, 2.45) is 7.05 Å². The highest BCUT2D eigenvalue weighted by atomic mass is 32.2. The molecule has 5 rings (SSSR count). The highest BCUT2D eigenvalue weighted by Crippen LogP contribution is 2.40. The van der Waals surface area contributed by atoms with Gasteiger partial charge in [-0.15, -0.1) is 10.2 Å². The standard InChI is InChI=1S/C25H22F3N5O2S/c1-3-36(34,35)21-12-18(17-8-6-16(7-9-17)15-4-5-15)14-30-22(21)24-32-31-23(33(24)2)20-13-19(10-11-29-20)25(26,27)28/h6-15H,3-5H2,1-2H3. The van der Waals surface area contributed by atoms with Crippen LogP contribution >= 0.6 is 0 Å². The van der Waals surface area contributed by atoms with Gasteiger partial charge in [-0.3, -0.25) is 9.97 Å². The Balaban J connectivity index is 1.59. The molecule has 0 radical (unpaired) electrons. The summed E-state index contributed by atoms with van der Waals surface area (Å²) < 4.78 is 67.0. The predicted octanol–water partition coefficient (Wildman–Crippen LogP) is 5.30. The molecule has 3 aromatic heterocycles. The van der Waals surface area contributed by atoms with Crippen LogP contribution < -0.4 is 0 Å². The number of halogens is 3. The molecule has 11 heteroatoms. The Morgan fingerprint density at radius 2 is 1.67 bits per heavy atom. The van der Waals surface area contributed by atoms with E-state index in [-0.39, 0.29) is 33.7 Å². The van der Waals surface area contributed by atoms with Gasteiger partial charge in [-0.2, -0.15) is 13.2 Å². The number of sulfone groups is 1.